The topological polar surface area (TPSA) is 76.7 Å². The quantitative estimate of drug-likeness (QED) is 0.450. The lowest BCUT2D eigenvalue weighted by Crippen LogP contribution is -2.21. The second-order valence-electron chi connectivity index (χ2n) is 6.52. The highest BCUT2D eigenvalue weighted by Gasteiger charge is 2.27. The number of rotatable bonds is 7. The Morgan fingerprint density at radius 1 is 1.07 bits per heavy atom. The third-order valence-corrected chi connectivity index (χ3v) is 5.54. The van der Waals surface area contributed by atoms with Gasteiger partial charge in [-0.15, -0.1) is 11.3 Å². The number of hydrogen-bond acceptors (Lipinski definition) is 6. The summed E-state index contributed by atoms with van der Waals surface area (Å²) in [6.45, 7) is 9.84. The molecule has 0 saturated carbocycles. The van der Waals surface area contributed by atoms with Gasteiger partial charge < -0.3 is 20.1 Å². The molecule has 0 aliphatic heterocycles. The maximum Gasteiger partial charge on any atom is 0.348 e. The van der Waals surface area contributed by atoms with Crippen LogP contribution in [0.2, 0.25) is 0 Å². The van der Waals surface area contributed by atoms with Crippen molar-refractivity contribution in [3.8, 4) is 0 Å². The molecule has 0 amide bonds. The summed E-state index contributed by atoms with van der Waals surface area (Å²) < 4.78 is 10.3. The van der Waals surface area contributed by atoms with Crippen LogP contribution in [0.1, 0.15) is 64.8 Å². The van der Waals surface area contributed by atoms with Gasteiger partial charge in [0.05, 0.1) is 18.8 Å². The van der Waals surface area contributed by atoms with E-state index in [2.05, 4.69) is 24.5 Å². The maximum atomic E-state index is 12.5. The van der Waals surface area contributed by atoms with E-state index in [1.54, 1.807) is 20.8 Å². The molecule has 0 unspecified atom stereocenters. The van der Waals surface area contributed by atoms with Crippen LogP contribution < -0.4 is 10.6 Å². The number of nitrogens with one attached hydrogen (secondary N) is 2. The molecule has 0 atom stereocenters. The smallest absolute Gasteiger partial charge is 0.348 e. The van der Waals surface area contributed by atoms with Crippen LogP contribution >= 0.6 is 23.6 Å². The summed E-state index contributed by atoms with van der Waals surface area (Å²) in [5.41, 5.74) is 2.81. The number of carbonyl (C=O) groups is 2. The molecule has 2 aromatic rings. The van der Waals surface area contributed by atoms with Crippen molar-refractivity contribution in [2.45, 2.75) is 40.5 Å². The Bertz CT molecular complexity index is 906. The molecule has 8 heteroatoms. The van der Waals surface area contributed by atoms with Crippen molar-refractivity contribution in [2.75, 3.05) is 23.8 Å². The van der Waals surface area contributed by atoms with Gasteiger partial charge in [-0.2, -0.15) is 0 Å². The lowest BCUT2D eigenvalue weighted by atomic mass is 10.0. The first-order valence-electron chi connectivity index (χ1n) is 9.44. The minimum Gasteiger partial charge on any atom is -0.462 e. The number of thiophene rings is 1. The van der Waals surface area contributed by atoms with Gasteiger partial charge in [-0.1, -0.05) is 32.0 Å². The molecule has 1 heterocycles. The maximum absolute atomic E-state index is 12.5. The summed E-state index contributed by atoms with van der Waals surface area (Å²) in [4.78, 5) is 25.1. The molecule has 2 N–H and O–H groups in total. The van der Waals surface area contributed by atoms with Crippen molar-refractivity contribution in [1.29, 1.82) is 0 Å². The number of thiocarbonyl (C=S) groups is 1. The van der Waals surface area contributed by atoms with Crippen LogP contribution in [0.25, 0.3) is 0 Å². The monoisotopic (exact) mass is 434 g/mol. The Hall–Kier alpha value is -2.45. The van der Waals surface area contributed by atoms with Gasteiger partial charge in [-0.05, 0) is 56.1 Å². The zero-order chi connectivity index (χ0) is 21.6. The number of anilines is 2. The lowest BCUT2D eigenvalue weighted by molar-refractivity contribution is 0.0527. The van der Waals surface area contributed by atoms with Crippen LogP contribution in [0.4, 0.5) is 10.7 Å². The number of ether oxygens (including phenoxy) is 2. The normalized spacial score (nSPS) is 10.6. The first-order chi connectivity index (χ1) is 13.8. The summed E-state index contributed by atoms with van der Waals surface area (Å²) in [5, 5.41) is 7.00. The van der Waals surface area contributed by atoms with E-state index in [0.29, 0.717) is 32.0 Å². The Kier molecular flexibility index (Phi) is 8.16. The fourth-order valence-electron chi connectivity index (χ4n) is 2.81. The van der Waals surface area contributed by atoms with Gasteiger partial charge in [0, 0.05) is 5.69 Å². The van der Waals surface area contributed by atoms with Crippen LogP contribution in [0.15, 0.2) is 24.3 Å². The second-order valence-corrected chi connectivity index (χ2v) is 7.95. The molecule has 2 rings (SSSR count). The average Bonchev–Trinajstić information content (AvgIpc) is 2.98. The minimum absolute atomic E-state index is 0.229. The summed E-state index contributed by atoms with van der Waals surface area (Å²) in [6, 6.07) is 7.88. The zero-order valence-electron chi connectivity index (χ0n) is 17.3. The largest absolute Gasteiger partial charge is 0.462 e. The van der Waals surface area contributed by atoms with E-state index < -0.39 is 11.9 Å². The van der Waals surface area contributed by atoms with E-state index in [9.17, 15) is 9.59 Å². The summed E-state index contributed by atoms with van der Waals surface area (Å²) in [6.07, 6.45) is 0. The van der Waals surface area contributed by atoms with Crippen LogP contribution in [0, 0.1) is 6.92 Å². The van der Waals surface area contributed by atoms with Crippen molar-refractivity contribution >= 4 is 51.3 Å². The van der Waals surface area contributed by atoms with Crippen LogP contribution in [0.3, 0.4) is 0 Å². The fraction of sp³-hybridized carbons (Fsp3) is 0.381. The third-order valence-electron chi connectivity index (χ3n) is 4.15. The summed E-state index contributed by atoms with van der Waals surface area (Å²) in [7, 11) is 0. The van der Waals surface area contributed by atoms with E-state index in [-0.39, 0.29) is 13.2 Å². The van der Waals surface area contributed by atoms with Crippen molar-refractivity contribution in [3.63, 3.8) is 0 Å². The van der Waals surface area contributed by atoms with E-state index in [1.165, 1.54) is 0 Å². The van der Waals surface area contributed by atoms with E-state index in [0.717, 1.165) is 22.6 Å². The van der Waals surface area contributed by atoms with Gasteiger partial charge in [0.1, 0.15) is 9.88 Å². The molecule has 0 aliphatic rings. The Morgan fingerprint density at radius 2 is 1.69 bits per heavy atom. The fourth-order valence-corrected chi connectivity index (χ4v) is 4.18. The van der Waals surface area contributed by atoms with Gasteiger partial charge >= 0.3 is 11.9 Å². The van der Waals surface area contributed by atoms with Gasteiger partial charge in [-0.3, -0.25) is 0 Å². The highest BCUT2D eigenvalue weighted by molar-refractivity contribution is 7.80. The number of para-hydroxylation sites is 1. The van der Waals surface area contributed by atoms with Gasteiger partial charge in [-0.25, -0.2) is 9.59 Å². The number of benzene rings is 1. The first-order valence-corrected chi connectivity index (χ1v) is 10.7. The van der Waals surface area contributed by atoms with Crippen LogP contribution in [-0.2, 0) is 9.47 Å². The summed E-state index contributed by atoms with van der Waals surface area (Å²) in [5.74, 6) is -0.668. The first kappa shape index (κ1) is 22.8. The number of esters is 2. The molecular formula is C21H26N2O4S2. The van der Waals surface area contributed by atoms with Crippen molar-refractivity contribution in [1.82, 2.24) is 0 Å². The molecule has 6 nitrogen and oxygen atoms in total. The van der Waals surface area contributed by atoms with Gasteiger partial charge in [0.2, 0.25) is 0 Å². The second kappa shape index (κ2) is 10.4. The lowest BCUT2D eigenvalue weighted by Gasteiger charge is -2.16. The number of hydrogen-bond donors (Lipinski definition) is 2. The molecule has 29 heavy (non-hydrogen) atoms. The molecular weight excluding hydrogens is 408 g/mol. The highest BCUT2D eigenvalue weighted by Crippen LogP contribution is 2.34. The third kappa shape index (κ3) is 5.55. The average molecular weight is 435 g/mol. The molecule has 0 aliphatic carbocycles. The highest BCUT2D eigenvalue weighted by atomic mass is 32.1. The van der Waals surface area contributed by atoms with E-state index in [1.807, 2.05) is 24.3 Å². The minimum atomic E-state index is -0.510. The molecule has 0 radical (unpaired) electrons. The van der Waals surface area contributed by atoms with Crippen molar-refractivity contribution in [2.24, 2.45) is 0 Å². The zero-order valence-corrected chi connectivity index (χ0v) is 18.9. The molecule has 1 aromatic carbocycles. The predicted molar refractivity (Wildman–Crippen MR) is 121 cm³/mol. The summed E-state index contributed by atoms with van der Waals surface area (Å²) >= 11 is 6.58. The van der Waals surface area contributed by atoms with E-state index in [4.69, 9.17) is 21.7 Å². The predicted octanol–water partition coefficient (Wildman–Crippen LogP) is 5.34. The van der Waals surface area contributed by atoms with E-state index >= 15 is 0 Å². The van der Waals surface area contributed by atoms with Crippen molar-refractivity contribution in [3.05, 3.63) is 45.8 Å². The molecule has 1 aromatic heterocycles. The number of carbonyl (C=O) groups excluding carboxylic acids is 2. The molecule has 0 fully saturated rings. The van der Waals surface area contributed by atoms with Gasteiger partial charge in [0.15, 0.2) is 5.11 Å². The standard InChI is InChI=1S/C21H26N2O4S2/c1-6-26-19(24)16-13(5)17(20(25)27-7-2)29-18(16)23-21(28)22-15-11-9-8-10-14(15)12(3)4/h8-12H,6-7H2,1-5H3,(H2,22,23,28). The Morgan fingerprint density at radius 3 is 2.31 bits per heavy atom. The Labute approximate surface area is 180 Å². The molecule has 156 valence electrons. The SMILES string of the molecule is CCOC(=O)c1sc(NC(=S)Nc2ccccc2C(C)C)c(C(=O)OCC)c1C. The molecule has 0 bridgehead atoms. The van der Waals surface area contributed by atoms with Gasteiger partial charge in [0.25, 0.3) is 0 Å². The molecule has 0 saturated heterocycles. The molecule has 0 spiro atoms. The van der Waals surface area contributed by atoms with Crippen LogP contribution in [0.5, 0.6) is 0 Å². The Balaban J connectivity index is 2.33. The van der Waals surface area contributed by atoms with Crippen molar-refractivity contribution < 1.29 is 19.1 Å². The van der Waals surface area contributed by atoms with Crippen LogP contribution in [-0.4, -0.2) is 30.3 Å².